The summed E-state index contributed by atoms with van der Waals surface area (Å²) in [6, 6.07) is 18.3. The zero-order valence-electron chi connectivity index (χ0n) is 13.5. The highest BCUT2D eigenvalue weighted by Crippen LogP contribution is 2.28. The molecule has 2 aromatic carbocycles. The predicted molar refractivity (Wildman–Crippen MR) is 98.8 cm³/mol. The molecule has 4 nitrogen and oxygen atoms in total. The molecule has 0 saturated heterocycles. The Morgan fingerprint density at radius 1 is 1.12 bits per heavy atom. The first-order valence-corrected chi connectivity index (χ1v) is 8.16. The second-order valence-electron chi connectivity index (χ2n) is 5.38. The molecule has 0 atom stereocenters. The number of nitriles is 1. The topological polar surface area (TPSA) is 65.9 Å². The first kappa shape index (κ1) is 16.8. The molecule has 0 aliphatic heterocycles. The number of nitrogens with one attached hydrogen (secondary N) is 1. The third kappa shape index (κ3) is 3.57. The highest BCUT2D eigenvalue weighted by atomic mass is 35.5. The number of rotatable bonds is 4. The van der Waals surface area contributed by atoms with Gasteiger partial charge in [-0.25, -0.2) is 0 Å². The van der Waals surface area contributed by atoms with Crippen molar-refractivity contribution >= 4 is 11.6 Å². The summed E-state index contributed by atoms with van der Waals surface area (Å²) in [6.45, 7) is 2.51. The summed E-state index contributed by atoms with van der Waals surface area (Å²) in [5, 5.41) is 9.91. The largest absolute Gasteiger partial charge is 0.494 e. The average molecular weight is 351 g/mol. The van der Waals surface area contributed by atoms with Gasteiger partial charge in [-0.15, -0.1) is 0 Å². The van der Waals surface area contributed by atoms with Crippen molar-refractivity contribution in [3.05, 3.63) is 75.5 Å². The van der Waals surface area contributed by atoms with Crippen molar-refractivity contribution in [3.8, 4) is 34.2 Å². The molecule has 3 rings (SSSR count). The fraction of sp³-hybridized carbons (Fsp3) is 0.100. The molecule has 5 heteroatoms. The fourth-order valence-electron chi connectivity index (χ4n) is 2.61. The maximum atomic E-state index is 12.4. The van der Waals surface area contributed by atoms with Crippen LogP contribution in [0.3, 0.4) is 0 Å². The monoisotopic (exact) mass is 350 g/mol. The first-order valence-electron chi connectivity index (χ1n) is 7.79. The Morgan fingerprint density at radius 3 is 2.52 bits per heavy atom. The molecule has 25 heavy (non-hydrogen) atoms. The van der Waals surface area contributed by atoms with E-state index in [2.05, 4.69) is 4.98 Å². The molecule has 0 spiro atoms. The molecule has 1 aromatic heterocycles. The summed E-state index contributed by atoms with van der Waals surface area (Å²) in [6.07, 6.45) is 0. The maximum absolute atomic E-state index is 12.4. The van der Waals surface area contributed by atoms with Gasteiger partial charge in [0, 0.05) is 16.3 Å². The van der Waals surface area contributed by atoms with Crippen LogP contribution in [0.25, 0.3) is 22.4 Å². The number of halogens is 1. The lowest BCUT2D eigenvalue weighted by molar-refractivity contribution is 0.340. The number of aromatic amines is 1. The quantitative estimate of drug-likeness (QED) is 0.745. The summed E-state index contributed by atoms with van der Waals surface area (Å²) in [5.41, 5.74) is 2.37. The third-order valence-corrected chi connectivity index (χ3v) is 3.99. The van der Waals surface area contributed by atoms with Crippen molar-refractivity contribution in [3.63, 3.8) is 0 Å². The first-order chi connectivity index (χ1) is 12.1. The lowest BCUT2D eigenvalue weighted by Gasteiger charge is -2.09. The van der Waals surface area contributed by atoms with Gasteiger partial charge >= 0.3 is 0 Å². The molecule has 1 N–H and O–H groups in total. The van der Waals surface area contributed by atoms with Gasteiger partial charge in [0.1, 0.15) is 17.4 Å². The average Bonchev–Trinajstić information content (AvgIpc) is 2.62. The number of nitrogens with zero attached hydrogens (tertiary/aromatic N) is 1. The highest BCUT2D eigenvalue weighted by Gasteiger charge is 2.13. The zero-order valence-corrected chi connectivity index (χ0v) is 14.3. The summed E-state index contributed by atoms with van der Waals surface area (Å²) >= 11 is 6.05. The van der Waals surface area contributed by atoms with Gasteiger partial charge in [0.15, 0.2) is 0 Å². The fourth-order valence-corrected chi connectivity index (χ4v) is 2.80. The summed E-state index contributed by atoms with van der Waals surface area (Å²) < 4.78 is 5.43. The summed E-state index contributed by atoms with van der Waals surface area (Å²) in [4.78, 5) is 15.1. The zero-order chi connectivity index (χ0) is 17.8. The van der Waals surface area contributed by atoms with Crippen molar-refractivity contribution < 1.29 is 4.74 Å². The van der Waals surface area contributed by atoms with E-state index in [1.54, 1.807) is 24.3 Å². The van der Waals surface area contributed by atoms with Crippen molar-refractivity contribution in [1.29, 1.82) is 5.26 Å². The Hall–Kier alpha value is -3.03. The second-order valence-corrected chi connectivity index (χ2v) is 5.82. The molecule has 124 valence electrons. The standard InChI is InChI=1S/C20H15ClN2O2/c1-2-25-16-8-6-13(7-9-16)19-11-17(18(12-22)20(24)23-19)14-4-3-5-15(21)10-14/h3-11H,2H2,1H3,(H,23,24). The van der Waals surface area contributed by atoms with Gasteiger partial charge in [0.2, 0.25) is 0 Å². The summed E-state index contributed by atoms with van der Waals surface area (Å²) in [7, 11) is 0. The molecule has 0 saturated carbocycles. The van der Waals surface area contributed by atoms with E-state index in [4.69, 9.17) is 16.3 Å². The van der Waals surface area contributed by atoms with E-state index in [-0.39, 0.29) is 5.56 Å². The normalized spacial score (nSPS) is 10.3. The van der Waals surface area contributed by atoms with Crippen molar-refractivity contribution in [2.75, 3.05) is 6.61 Å². The minimum atomic E-state index is -0.427. The highest BCUT2D eigenvalue weighted by molar-refractivity contribution is 6.30. The molecule has 0 amide bonds. The Balaban J connectivity index is 2.14. The van der Waals surface area contributed by atoms with Gasteiger partial charge in [-0.1, -0.05) is 23.7 Å². The number of ether oxygens (including phenoxy) is 1. The van der Waals surface area contributed by atoms with Crippen LogP contribution in [0.4, 0.5) is 0 Å². The van der Waals surface area contributed by atoms with Crippen LogP contribution in [0.1, 0.15) is 12.5 Å². The van der Waals surface area contributed by atoms with E-state index in [1.807, 2.05) is 43.3 Å². The molecule has 0 aliphatic carbocycles. The second kappa shape index (κ2) is 7.25. The van der Waals surface area contributed by atoms with Gasteiger partial charge < -0.3 is 9.72 Å². The Bertz CT molecular complexity index is 1000. The van der Waals surface area contributed by atoms with Crippen molar-refractivity contribution in [1.82, 2.24) is 4.98 Å². The third-order valence-electron chi connectivity index (χ3n) is 3.76. The smallest absolute Gasteiger partial charge is 0.266 e. The van der Waals surface area contributed by atoms with E-state index in [0.29, 0.717) is 22.9 Å². The van der Waals surface area contributed by atoms with E-state index < -0.39 is 5.56 Å². The van der Waals surface area contributed by atoms with Crippen molar-refractivity contribution in [2.24, 2.45) is 0 Å². The number of H-pyrrole nitrogens is 1. The van der Waals surface area contributed by atoms with Gasteiger partial charge in [-0.2, -0.15) is 5.26 Å². The molecular weight excluding hydrogens is 336 g/mol. The maximum Gasteiger partial charge on any atom is 0.266 e. The van der Waals surface area contributed by atoms with Crippen LogP contribution in [0.2, 0.25) is 5.02 Å². The lowest BCUT2D eigenvalue weighted by atomic mass is 9.99. The summed E-state index contributed by atoms with van der Waals surface area (Å²) in [5.74, 6) is 0.761. The number of aromatic nitrogens is 1. The number of hydrogen-bond donors (Lipinski definition) is 1. The predicted octanol–water partition coefficient (Wildman–Crippen LogP) is 4.63. The molecule has 0 radical (unpaired) electrons. The molecule has 3 aromatic rings. The molecular formula is C20H15ClN2O2. The Labute approximate surface area is 150 Å². The number of benzene rings is 2. The molecule has 1 heterocycles. The number of hydrogen-bond acceptors (Lipinski definition) is 3. The van der Waals surface area contributed by atoms with Crippen LogP contribution in [-0.2, 0) is 0 Å². The molecule has 0 fully saturated rings. The number of pyridine rings is 1. The van der Waals surface area contributed by atoms with Crippen LogP contribution >= 0.6 is 11.6 Å². The lowest BCUT2D eigenvalue weighted by Crippen LogP contribution is -2.12. The van der Waals surface area contributed by atoms with Crippen molar-refractivity contribution in [2.45, 2.75) is 6.92 Å². The Kier molecular flexibility index (Phi) is 4.87. The van der Waals surface area contributed by atoms with Crippen LogP contribution < -0.4 is 10.3 Å². The van der Waals surface area contributed by atoms with E-state index in [0.717, 1.165) is 16.9 Å². The minimum Gasteiger partial charge on any atom is -0.494 e. The molecule has 0 bridgehead atoms. The van der Waals surface area contributed by atoms with Crippen LogP contribution in [0.15, 0.2) is 59.4 Å². The van der Waals surface area contributed by atoms with Crippen LogP contribution in [0, 0.1) is 11.3 Å². The van der Waals surface area contributed by atoms with E-state index in [9.17, 15) is 10.1 Å². The van der Waals surface area contributed by atoms with E-state index >= 15 is 0 Å². The minimum absolute atomic E-state index is 0.0666. The van der Waals surface area contributed by atoms with Gasteiger partial charge in [-0.05, 0) is 60.5 Å². The van der Waals surface area contributed by atoms with Gasteiger partial charge in [-0.3, -0.25) is 4.79 Å². The van der Waals surface area contributed by atoms with E-state index in [1.165, 1.54) is 0 Å². The molecule has 0 aliphatic rings. The Morgan fingerprint density at radius 2 is 1.88 bits per heavy atom. The van der Waals surface area contributed by atoms with Crippen LogP contribution in [-0.4, -0.2) is 11.6 Å². The molecule has 0 unspecified atom stereocenters. The van der Waals surface area contributed by atoms with Crippen LogP contribution in [0.5, 0.6) is 5.75 Å². The van der Waals surface area contributed by atoms with Gasteiger partial charge in [0.05, 0.1) is 6.61 Å². The SMILES string of the molecule is CCOc1ccc(-c2cc(-c3cccc(Cl)c3)c(C#N)c(=O)[nH]2)cc1. The van der Waals surface area contributed by atoms with Gasteiger partial charge in [0.25, 0.3) is 5.56 Å².